The van der Waals surface area contributed by atoms with Gasteiger partial charge in [-0.1, -0.05) is 65.7 Å². The lowest BCUT2D eigenvalue weighted by Crippen LogP contribution is -2.32. The van der Waals surface area contributed by atoms with Crippen molar-refractivity contribution in [2.24, 2.45) is 0 Å². The molecule has 192 valence electrons. The molecule has 5 nitrogen and oxygen atoms in total. The first-order chi connectivity index (χ1) is 18.4. The Morgan fingerprint density at radius 2 is 1.71 bits per heavy atom. The number of carbonyl (C=O) groups excluding carboxylic acids is 2. The minimum absolute atomic E-state index is 0.114. The average Bonchev–Trinajstić information content (AvgIpc) is 3.17. The van der Waals surface area contributed by atoms with Gasteiger partial charge in [-0.3, -0.25) is 9.59 Å². The second kappa shape index (κ2) is 11.3. The first-order valence-electron chi connectivity index (χ1n) is 12.1. The first-order valence-corrected chi connectivity index (χ1v) is 12.9. The van der Waals surface area contributed by atoms with Crippen LogP contribution in [-0.2, 0) is 13.0 Å². The van der Waals surface area contributed by atoms with E-state index < -0.39 is 6.17 Å². The molecule has 1 aliphatic heterocycles. The summed E-state index contributed by atoms with van der Waals surface area (Å²) in [4.78, 5) is 27.8. The van der Waals surface area contributed by atoms with Gasteiger partial charge in [0.05, 0.1) is 0 Å². The molecule has 5 rings (SSSR count). The lowest BCUT2D eigenvalue weighted by Gasteiger charge is -2.27. The fourth-order valence-corrected chi connectivity index (χ4v) is 5.02. The molecule has 0 saturated heterocycles. The molecule has 0 aliphatic carbocycles. The van der Waals surface area contributed by atoms with Gasteiger partial charge in [0.1, 0.15) is 12.0 Å². The largest absolute Gasteiger partial charge is 0.361 e. The number of anilines is 1. The number of nitrogens with one attached hydrogen (secondary N) is 2. The zero-order valence-electron chi connectivity index (χ0n) is 20.3. The van der Waals surface area contributed by atoms with Gasteiger partial charge in [0.2, 0.25) is 0 Å². The van der Waals surface area contributed by atoms with Crippen LogP contribution in [0.15, 0.2) is 91.0 Å². The Kier molecular flexibility index (Phi) is 7.63. The van der Waals surface area contributed by atoms with Crippen LogP contribution in [-0.4, -0.2) is 23.3 Å². The molecule has 2 N–H and O–H groups in total. The minimum atomic E-state index is -0.450. The fourth-order valence-electron chi connectivity index (χ4n) is 4.52. The highest BCUT2D eigenvalue weighted by Gasteiger charge is 2.36. The lowest BCUT2D eigenvalue weighted by atomic mass is 10.1. The van der Waals surface area contributed by atoms with Gasteiger partial charge in [0.15, 0.2) is 0 Å². The van der Waals surface area contributed by atoms with Crippen molar-refractivity contribution >= 4 is 40.7 Å². The normalized spacial score (nSPS) is 14.3. The number of hydrogen-bond donors (Lipinski definition) is 2. The van der Waals surface area contributed by atoms with Crippen LogP contribution < -0.4 is 10.6 Å². The van der Waals surface area contributed by atoms with Crippen LogP contribution in [0.4, 0.5) is 10.1 Å². The summed E-state index contributed by atoms with van der Waals surface area (Å²) in [5, 5.41) is 7.47. The van der Waals surface area contributed by atoms with Crippen LogP contribution in [0.2, 0.25) is 10.0 Å². The molecule has 1 atom stereocenters. The maximum Gasteiger partial charge on any atom is 0.256 e. The third-order valence-corrected chi connectivity index (χ3v) is 7.03. The molecule has 2 amide bonds. The minimum Gasteiger partial charge on any atom is -0.361 e. The highest BCUT2D eigenvalue weighted by Crippen LogP contribution is 2.35. The summed E-state index contributed by atoms with van der Waals surface area (Å²) in [6.07, 6.45) is 0.119. The van der Waals surface area contributed by atoms with E-state index in [-0.39, 0.29) is 17.6 Å². The van der Waals surface area contributed by atoms with Gasteiger partial charge in [-0.2, -0.15) is 0 Å². The van der Waals surface area contributed by atoms with Crippen LogP contribution in [0.25, 0.3) is 0 Å². The summed E-state index contributed by atoms with van der Waals surface area (Å²) < 4.78 is 13.4. The first kappa shape index (κ1) is 25.8. The van der Waals surface area contributed by atoms with E-state index in [1.807, 2.05) is 30.3 Å². The van der Waals surface area contributed by atoms with Crippen LogP contribution in [0, 0.1) is 5.82 Å². The van der Waals surface area contributed by atoms with E-state index in [2.05, 4.69) is 10.6 Å². The van der Waals surface area contributed by atoms with Crippen molar-refractivity contribution in [1.29, 1.82) is 0 Å². The third-order valence-electron chi connectivity index (χ3n) is 6.45. The zero-order valence-corrected chi connectivity index (χ0v) is 21.8. The average molecular weight is 548 g/mol. The van der Waals surface area contributed by atoms with E-state index in [1.54, 1.807) is 53.4 Å². The summed E-state index contributed by atoms with van der Waals surface area (Å²) in [5.41, 5.74) is 4.35. The number of nitrogens with zero attached hydrogens (tertiary/aromatic N) is 1. The van der Waals surface area contributed by atoms with Crippen molar-refractivity contribution in [2.45, 2.75) is 19.1 Å². The predicted octanol–water partition coefficient (Wildman–Crippen LogP) is 6.87. The van der Waals surface area contributed by atoms with Crippen LogP contribution >= 0.6 is 23.2 Å². The summed E-state index contributed by atoms with van der Waals surface area (Å²) in [7, 11) is 0. The van der Waals surface area contributed by atoms with E-state index in [1.165, 1.54) is 12.1 Å². The molecule has 1 unspecified atom stereocenters. The Hall–Kier alpha value is -3.87. The maximum absolute atomic E-state index is 13.4. The number of carbonyl (C=O) groups is 2. The van der Waals surface area contributed by atoms with E-state index in [4.69, 9.17) is 23.2 Å². The second-order valence-electron chi connectivity index (χ2n) is 9.02. The summed E-state index contributed by atoms with van der Waals surface area (Å²) in [6.45, 7) is 0.715. The molecule has 0 fully saturated rings. The summed E-state index contributed by atoms with van der Waals surface area (Å²) >= 11 is 12.2. The molecule has 1 aliphatic rings. The van der Waals surface area contributed by atoms with Gasteiger partial charge in [-0.15, -0.1) is 0 Å². The molecule has 38 heavy (non-hydrogen) atoms. The third kappa shape index (κ3) is 5.67. The summed E-state index contributed by atoms with van der Waals surface area (Å²) in [6, 6.07) is 26.0. The quantitative estimate of drug-likeness (QED) is 0.253. The number of rotatable bonds is 8. The Morgan fingerprint density at radius 3 is 2.50 bits per heavy atom. The molecule has 0 radical (unpaired) electrons. The molecule has 8 heteroatoms. The van der Waals surface area contributed by atoms with Gasteiger partial charge < -0.3 is 15.5 Å². The number of amides is 2. The fraction of sp³-hybridized carbons (Fsp3) is 0.133. The highest BCUT2D eigenvalue weighted by molar-refractivity contribution is 6.35. The number of hydrogen-bond acceptors (Lipinski definition) is 3. The zero-order chi connectivity index (χ0) is 26.6. The predicted molar refractivity (Wildman–Crippen MR) is 148 cm³/mol. The van der Waals surface area contributed by atoms with E-state index in [0.29, 0.717) is 46.4 Å². The monoisotopic (exact) mass is 547 g/mol. The van der Waals surface area contributed by atoms with E-state index >= 15 is 0 Å². The van der Waals surface area contributed by atoms with Crippen molar-refractivity contribution in [3.63, 3.8) is 0 Å². The van der Waals surface area contributed by atoms with Gasteiger partial charge in [-0.05, 0) is 66.1 Å². The van der Waals surface area contributed by atoms with Gasteiger partial charge in [0.25, 0.3) is 11.8 Å². The molecule has 0 saturated carbocycles. The number of fused-ring (bicyclic) bond motifs is 1. The van der Waals surface area contributed by atoms with Crippen molar-refractivity contribution in [2.75, 3.05) is 11.9 Å². The molecule has 1 heterocycles. The number of halogens is 3. The molecular weight excluding hydrogens is 524 g/mol. The van der Waals surface area contributed by atoms with Crippen LogP contribution in [0.1, 0.15) is 43.6 Å². The maximum atomic E-state index is 13.4. The molecule has 0 aromatic heterocycles. The lowest BCUT2D eigenvalue weighted by molar-refractivity contribution is 0.0728. The van der Waals surface area contributed by atoms with Crippen LogP contribution in [0.3, 0.4) is 0 Å². The van der Waals surface area contributed by atoms with Gasteiger partial charge in [0, 0.05) is 45.5 Å². The SMILES string of the molecule is O=C(NCCc1ccc(Cl)cc1Cl)c1cccc(NC2c3ccccc3C(=O)N2Cc2ccc(F)cc2)c1. The summed E-state index contributed by atoms with van der Waals surface area (Å²) in [5.74, 6) is -0.659. The van der Waals surface area contributed by atoms with E-state index in [9.17, 15) is 14.0 Å². The van der Waals surface area contributed by atoms with Crippen molar-refractivity contribution in [3.8, 4) is 0 Å². The standard InChI is InChI=1S/C30H24Cl2FN3O2/c31-22-11-10-20(27(32)17-22)14-15-34-29(37)21-4-3-5-24(16-21)35-28-25-6-1-2-7-26(25)30(38)36(28)18-19-8-12-23(33)13-9-19/h1-13,16-17,28,35H,14-15,18H2,(H,34,37). The molecular formula is C30H24Cl2FN3O2. The van der Waals surface area contributed by atoms with Crippen molar-refractivity contribution in [1.82, 2.24) is 10.2 Å². The topological polar surface area (TPSA) is 61.4 Å². The second-order valence-corrected chi connectivity index (χ2v) is 9.86. The van der Waals surface area contributed by atoms with Gasteiger partial charge in [-0.25, -0.2) is 4.39 Å². The van der Waals surface area contributed by atoms with Crippen molar-refractivity contribution in [3.05, 3.63) is 135 Å². The Bertz CT molecular complexity index is 1490. The molecule has 0 spiro atoms. The highest BCUT2D eigenvalue weighted by atomic mass is 35.5. The Balaban J connectivity index is 1.30. The smallest absolute Gasteiger partial charge is 0.256 e. The van der Waals surface area contributed by atoms with Crippen LogP contribution in [0.5, 0.6) is 0 Å². The molecule has 0 bridgehead atoms. The molecule has 4 aromatic carbocycles. The Morgan fingerprint density at radius 1 is 0.921 bits per heavy atom. The number of benzene rings is 4. The molecule has 4 aromatic rings. The van der Waals surface area contributed by atoms with Crippen molar-refractivity contribution < 1.29 is 14.0 Å². The van der Waals surface area contributed by atoms with Gasteiger partial charge >= 0.3 is 0 Å². The Labute approximate surface area is 230 Å². The van der Waals surface area contributed by atoms with E-state index in [0.717, 1.165) is 16.7 Å².